The van der Waals surface area contributed by atoms with E-state index < -0.39 is 10.0 Å². The van der Waals surface area contributed by atoms with Gasteiger partial charge in [0.25, 0.3) is 10.0 Å². The van der Waals surface area contributed by atoms with Gasteiger partial charge in [-0.2, -0.15) is 4.31 Å². The first-order valence-electron chi connectivity index (χ1n) is 7.37. The molecule has 3 heterocycles. The van der Waals surface area contributed by atoms with Crippen LogP contribution in [0.1, 0.15) is 17.1 Å². The SMILES string of the molecule is Cc1nc(C)c(S(=O)(=O)N2CCC(N3CCNCC3)C2)s1. The van der Waals surface area contributed by atoms with Gasteiger partial charge < -0.3 is 5.32 Å². The molecule has 1 unspecified atom stereocenters. The van der Waals surface area contributed by atoms with Gasteiger partial charge in [-0.05, 0) is 20.3 Å². The molecule has 6 nitrogen and oxygen atoms in total. The van der Waals surface area contributed by atoms with E-state index in [1.54, 1.807) is 11.2 Å². The summed E-state index contributed by atoms with van der Waals surface area (Å²) >= 11 is 1.28. The van der Waals surface area contributed by atoms with Crippen LogP contribution >= 0.6 is 11.3 Å². The lowest BCUT2D eigenvalue weighted by Gasteiger charge is -2.32. The smallest absolute Gasteiger partial charge is 0.254 e. The van der Waals surface area contributed by atoms with Crippen molar-refractivity contribution in [3.63, 3.8) is 0 Å². The normalized spacial score (nSPS) is 25.5. The molecule has 1 aromatic rings. The Morgan fingerprint density at radius 3 is 2.57 bits per heavy atom. The number of piperazine rings is 1. The molecule has 1 aromatic heterocycles. The van der Waals surface area contributed by atoms with Crippen molar-refractivity contribution in [2.45, 2.75) is 30.5 Å². The van der Waals surface area contributed by atoms with Crippen molar-refractivity contribution in [3.05, 3.63) is 10.7 Å². The summed E-state index contributed by atoms with van der Waals surface area (Å²) in [5.74, 6) is 0. The second-order valence-corrected chi connectivity index (χ2v) is 9.03. The van der Waals surface area contributed by atoms with E-state index in [0.29, 0.717) is 29.0 Å². The Labute approximate surface area is 130 Å². The molecule has 1 N–H and O–H groups in total. The highest BCUT2D eigenvalue weighted by molar-refractivity contribution is 7.91. The number of aryl methyl sites for hydroxylation is 2. The molecule has 2 saturated heterocycles. The van der Waals surface area contributed by atoms with E-state index in [4.69, 9.17) is 0 Å². The fourth-order valence-corrected chi connectivity index (χ4v) is 6.25. The highest BCUT2D eigenvalue weighted by Gasteiger charge is 2.37. The maximum atomic E-state index is 12.8. The van der Waals surface area contributed by atoms with Gasteiger partial charge in [-0.15, -0.1) is 11.3 Å². The first-order chi connectivity index (χ1) is 9.98. The van der Waals surface area contributed by atoms with Crippen molar-refractivity contribution in [2.75, 3.05) is 39.3 Å². The summed E-state index contributed by atoms with van der Waals surface area (Å²) in [6.07, 6.45) is 0.927. The second kappa shape index (κ2) is 5.92. The number of hydrogen-bond donors (Lipinski definition) is 1. The summed E-state index contributed by atoms with van der Waals surface area (Å²) < 4.78 is 27.6. The van der Waals surface area contributed by atoms with Gasteiger partial charge in [0.15, 0.2) is 4.21 Å². The summed E-state index contributed by atoms with van der Waals surface area (Å²) in [5.41, 5.74) is 0.628. The van der Waals surface area contributed by atoms with Crippen molar-refractivity contribution in [1.82, 2.24) is 19.5 Å². The Morgan fingerprint density at radius 1 is 1.24 bits per heavy atom. The third-order valence-electron chi connectivity index (χ3n) is 4.23. The average molecular weight is 330 g/mol. The summed E-state index contributed by atoms with van der Waals surface area (Å²) in [7, 11) is -3.37. The number of sulfonamides is 1. The Morgan fingerprint density at radius 2 is 1.95 bits per heavy atom. The van der Waals surface area contributed by atoms with Crippen molar-refractivity contribution in [3.8, 4) is 0 Å². The van der Waals surface area contributed by atoms with Crippen molar-refractivity contribution in [1.29, 1.82) is 0 Å². The quantitative estimate of drug-likeness (QED) is 0.871. The Bertz CT molecular complexity index is 608. The number of nitrogens with zero attached hydrogens (tertiary/aromatic N) is 3. The summed E-state index contributed by atoms with van der Waals surface area (Å²) in [6, 6.07) is 0.358. The van der Waals surface area contributed by atoms with Crippen LogP contribution in [0, 0.1) is 13.8 Å². The van der Waals surface area contributed by atoms with Gasteiger partial charge >= 0.3 is 0 Å². The molecule has 0 bridgehead atoms. The fraction of sp³-hybridized carbons (Fsp3) is 0.769. The molecular formula is C13H22N4O2S2. The largest absolute Gasteiger partial charge is 0.314 e. The highest BCUT2D eigenvalue weighted by atomic mass is 32.2. The standard InChI is InChI=1S/C13H22N4O2S2/c1-10-13(20-11(2)15-10)21(18,19)17-6-3-12(9-17)16-7-4-14-5-8-16/h12,14H,3-9H2,1-2H3. The zero-order chi connectivity index (χ0) is 15.0. The van der Waals surface area contributed by atoms with E-state index in [1.807, 2.05) is 6.92 Å². The molecule has 0 aromatic carbocycles. The van der Waals surface area contributed by atoms with Crippen LogP contribution in [0.3, 0.4) is 0 Å². The average Bonchev–Trinajstić information content (AvgIpc) is 3.07. The monoisotopic (exact) mass is 330 g/mol. The van der Waals surface area contributed by atoms with E-state index in [2.05, 4.69) is 15.2 Å². The predicted molar refractivity (Wildman–Crippen MR) is 83.2 cm³/mol. The minimum atomic E-state index is -3.37. The van der Waals surface area contributed by atoms with Crippen LogP contribution in [-0.4, -0.2) is 67.9 Å². The molecule has 0 radical (unpaired) electrons. The molecule has 21 heavy (non-hydrogen) atoms. The molecule has 2 aliphatic rings. The number of rotatable bonds is 3. The van der Waals surface area contributed by atoms with Crippen molar-refractivity contribution < 1.29 is 8.42 Å². The van der Waals surface area contributed by atoms with Gasteiger partial charge in [-0.1, -0.05) is 0 Å². The minimum Gasteiger partial charge on any atom is -0.314 e. The predicted octanol–water partition coefficient (Wildman–Crippen LogP) is 0.428. The Kier molecular flexibility index (Phi) is 4.33. The minimum absolute atomic E-state index is 0.358. The topological polar surface area (TPSA) is 65.5 Å². The molecular weight excluding hydrogens is 308 g/mol. The van der Waals surface area contributed by atoms with Gasteiger partial charge in [-0.25, -0.2) is 13.4 Å². The molecule has 0 spiro atoms. The van der Waals surface area contributed by atoms with E-state index >= 15 is 0 Å². The van der Waals surface area contributed by atoms with Gasteiger partial charge in [-0.3, -0.25) is 4.90 Å². The number of nitrogens with one attached hydrogen (secondary N) is 1. The van der Waals surface area contributed by atoms with Crippen LogP contribution in [0.5, 0.6) is 0 Å². The molecule has 8 heteroatoms. The molecule has 0 amide bonds. The third kappa shape index (κ3) is 3.00. The molecule has 1 atom stereocenters. The van der Waals surface area contributed by atoms with Gasteiger partial charge in [0.2, 0.25) is 0 Å². The second-order valence-electron chi connectivity index (χ2n) is 5.70. The van der Waals surface area contributed by atoms with Crippen LogP contribution in [0.15, 0.2) is 4.21 Å². The fourth-order valence-electron chi connectivity index (χ4n) is 3.14. The first-order valence-corrected chi connectivity index (χ1v) is 9.63. The number of hydrogen-bond acceptors (Lipinski definition) is 6. The molecule has 0 saturated carbocycles. The zero-order valence-corrected chi connectivity index (χ0v) is 14.1. The summed E-state index contributed by atoms with van der Waals surface area (Å²) in [5, 5.41) is 4.14. The first kappa shape index (κ1) is 15.4. The molecule has 0 aliphatic carbocycles. The van der Waals surface area contributed by atoms with Crippen molar-refractivity contribution in [2.24, 2.45) is 0 Å². The van der Waals surface area contributed by atoms with Crippen LogP contribution in [-0.2, 0) is 10.0 Å². The number of aromatic nitrogens is 1. The molecule has 2 fully saturated rings. The zero-order valence-electron chi connectivity index (χ0n) is 12.5. The highest BCUT2D eigenvalue weighted by Crippen LogP contribution is 2.29. The lowest BCUT2D eigenvalue weighted by Crippen LogP contribution is -2.49. The van der Waals surface area contributed by atoms with Crippen LogP contribution in [0.25, 0.3) is 0 Å². The number of thiazole rings is 1. The van der Waals surface area contributed by atoms with E-state index in [-0.39, 0.29) is 0 Å². The molecule has 118 valence electrons. The van der Waals surface area contributed by atoms with E-state index in [0.717, 1.165) is 37.6 Å². The lowest BCUT2D eigenvalue weighted by atomic mass is 10.2. The van der Waals surface area contributed by atoms with Gasteiger partial charge in [0, 0.05) is 45.3 Å². The maximum Gasteiger partial charge on any atom is 0.254 e. The summed E-state index contributed by atoms with van der Waals surface area (Å²) in [4.78, 5) is 6.67. The van der Waals surface area contributed by atoms with Gasteiger partial charge in [0.1, 0.15) is 0 Å². The maximum absolute atomic E-state index is 12.8. The van der Waals surface area contributed by atoms with Crippen LogP contribution < -0.4 is 5.32 Å². The van der Waals surface area contributed by atoms with Crippen LogP contribution in [0.4, 0.5) is 0 Å². The Hall–Kier alpha value is -0.540. The third-order valence-corrected chi connectivity index (χ3v) is 7.75. The lowest BCUT2D eigenvalue weighted by molar-refractivity contribution is 0.179. The van der Waals surface area contributed by atoms with Crippen molar-refractivity contribution >= 4 is 21.4 Å². The van der Waals surface area contributed by atoms with E-state index in [9.17, 15) is 8.42 Å². The van der Waals surface area contributed by atoms with Gasteiger partial charge in [0.05, 0.1) is 10.7 Å². The Balaban J connectivity index is 1.74. The summed E-state index contributed by atoms with van der Waals surface area (Å²) in [6.45, 7) is 8.87. The van der Waals surface area contributed by atoms with E-state index in [1.165, 1.54) is 11.3 Å². The molecule has 3 rings (SSSR count). The molecule has 2 aliphatic heterocycles. The van der Waals surface area contributed by atoms with Crippen LogP contribution in [0.2, 0.25) is 0 Å².